The van der Waals surface area contributed by atoms with E-state index in [0.29, 0.717) is 0 Å². The van der Waals surface area contributed by atoms with Crippen molar-refractivity contribution < 1.29 is 27.9 Å². The molecule has 1 aliphatic heterocycles. The summed E-state index contributed by atoms with van der Waals surface area (Å²) >= 11 is 0. The molecule has 0 aromatic carbocycles. The number of carboxylic acids is 1. The molecule has 1 aliphatic rings. The van der Waals surface area contributed by atoms with E-state index in [0.717, 1.165) is 7.11 Å². The van der Waals surface area contributed by atoms with Gasteiger partial charge in [-0.15, -0.1) is 0 Å². The van der Waals surface area contributed by atoms with Crippen LogP contribution in [0.4, 0.5) is 0 Å². The van der Waals surface area contributed by atoms with Crippen LogP contribution in [0.15, 0.2) is 0 Å². The molecule has 1 rings (SSSR count). The van der Waals surface area contributed by atoms with Gasteiger partial charge in [-0.25, -0.2) is 8.42 Å². The molecule has 16 heavy (non-hydrogen) atoms. The zero-order valence-electron chi connectivity index (χ0n) is 9.10. The molecule has 7 heteroatoms. The molecular formula is C9H14O6S. The molecule has 2 unspecified atom stereocenters. The molecule has 1 saturated heterocycles. The first-order chi connectivity index (χ1) is 7.24. The molecule has 0 radical (unpaired) electrons. The zero-order chi connectivity index (χ0) is 12.6. The molecule has 0 aromatic rings. The van der Waals surface area contributed by atoms with Crippen LogP contribution < -0.4 is 0 Å². The third kappa shape index (κ3) is 2.04. The van der Waals surface area contributed by atoms with Crippen LogP contribution in [0, 0.1) is 11.3 Å². The molecule has 0 amide bonds. The Morgan fingerprint density at radius 3 is 2.31 bits per heavy atom. The van der Waals surface area contributed by atoms with Gasteiger partial charge in [0.2, 0.25) is 0 Å². The average molecular weight is 250 g/mol. The van der Waals surface area contributed by atoms with Gasteiger partial charge in [-0.3, -0.25) is 9.59 Å². The number of sulfone groups is 1. The summed E-state index contributed by atoms with van der Waals surface area (Å²) in [6, 6.07) is 0. The fraction of sp³-hybridized carbons (Fsp3) is 0.778. The number of carbonyl (C=O) groups excluding carboxylic acids is 1. The lowest BCUT2D eigenvalue weighted by Gasteiger charge is -2.27. The fourth-order valence-corrected chi connectivity index (χ4v) is 3.81. The van der Waals surface area contributed by atoms with Crippen LogP contribution in [0.25, 0.3) is 0 Å². The molecule has 0 aromatic heterocycles. The summed E-state index contributed by atoms with van der Waals surface area (Å²) in [5.41, 5.74) is -1.78. The number of aliphatic carboxylic acids is 1. The minimum absolute atomic E-state index is 0.0719. The molecule has 0 spiro atoms. The maximum Gasteiger partial charge on any atom is 0.323 e. The molecule has 1 N–H and O–H groups in total. The first-order valence-electron chi connectivity index (χ1n) is 4.76. The second-order valence-corrected chi connectivity index (χ2v) is 6.33. The number of carboxylic acid groups (broad SMARTS) is 1. The van der Waals surface area contributed by atoms with Gasteiger partial charge >= 0.3 is 11.9 Å². The molecule has 0 aliphatic carbocycles. The van der Waals surface area contributed by atoms with Crippen LogP contribution >= 0.6 is 0 Å². The highest BCUT2D eigenvalue weighted by Crippen LogP contribution is 2.37. The van der Waals surface area contributed by atoms with Gasteiger partial charge in [0.1, 0.15) is 0 Å². The molecular weight excluding hydrogens is 236 g/mol. The minimum Gasteiger partial charge on any atom is -0.480 e. The summed E-state index contributed by atoms with van der Waals surface area (Å²) in [5.74, 6) is -3.31. The van der Waals surface area contributed by atoms with Gasteiger partial charge in [0.05, 0.1) is 18.6 Å². The van der Waals surface area contributed by atoms with Crippen molar-refractivity contribution in [1.82, 2.24) is 0 Å². The van der Waals surface area contributed by atoms with Crippen LogP contribution in [0.2, 0.25) is 0 Å². The second-order valence-electron chi connectivity index (χ2n) is 4.10. The Morgan fingerprint density at radius 1 is 1.44 bits per heavy atom. The normalized spacial score (nSPS) is 27.0. The van der Waals surface area contributed by atoms with E-state index in [1.165, 1.54) is 6.92 Å². The number of esters is 1. The van der Waals surface area contributed by atoms with Gasteiger partial charge in [-0.05, 0) is 13.3 Å². The Bertz CT molecular complexity index is 412. The van der Waals surface area contributed by atoms with Crippen LogP contribution in [0.5, 0.6) is 0 Å². The summed E-state index contributed by atoms with van der Waals surface area (Å²) in [4.78, 5) is 22.6. The molecule has 1 fully saturated rings. The third-order valence-electron chi connectivity index (χ3n) is 3.10. The molecule has 1 heterocycles. The Balaban J connectivity index is 3.06. The Kier molecular flexibility index (Phi) is 3.27. The standard InChI is InChI=1S/C9H14O6S/c1-9(7(10)11,8(12)15-2)6-3-4-16(13,14)5-6/h6H,3-5H2,1-2H3,(H,10,11). The number of methoxy groups -OCH3 is 1. The SMILES string of the molecule is COC(=O)C(C)(C(=O)O)C1CCS(=O)(=O)C1. The maximum absolute atomic E-state index is 11.5. The van der Waals surface area contributed by atoms with E-state index in [-0.39, 0.29) is 17.9 Å². The average Bonchev–Trinajstić information content (AvgIpc) is 2.56. The number of rotatable bonds is 3. The molecule has 0 bridgehead atoms. The van der Waals surface area contributed by atoms with Crippen molar-refractivity contribution in [3.8, 4) is 0 Å². The molecule has 2 atom stereocenters. The summed E-state index contributed by atoms with van der Waals surface area (Å²) in [5, 5.41) is 9.07. The summed E-state index contributed by atoms with van der Waals surface area (Å²) in [6.45, 7) is 1.21. The first-order valence-corrected chi connectivity index (χ1v) is 6.58. The van der Waals surface area contributed by atoms with Gasteiger partial charge in [-0.1, -0.05) is 0 Å². The van der Waals surface area contributed by atoms with Gasteiger partial charge in [0.15, 0.2) is 15.3 Å². The van der Waals surface area contributed by atoms with Crippen molar-refractivity contribution in [1.29, 1.82) is 0 Å². The monoisotopic (exact) mass is 250 g/mol. The topological polar surface area (TPSA) is 97.7 Å². The van der Waals surface area contributed by atoms with Crippen LogP contribution in [-0.2, 0) is 24.2 Å². The first kappa shape index (κ1) is 13.0. The molecule has 92 valence electrons. The van der Waals surface area contributed by atoms with Gasteiger partial charge in [0.25, 0.3) is 0 Å². The third-order valence-corrected chi connectivity index (χ3v) is 4.87. The highest BCUT2D eigenvalue weighted by molar-refractivity contribution is 7.91. The fourth-order valence-electron chi connectivity index (χ4n) is 1.89. The van der Waals surface area contributed by atoms with Gasteiger partial charge in [-0.2, -0.15) is 0 Å². The van der Waals surface area contributed by atoms with Crippen molar-refractivity contribution in [3.05, 3.63) is 0 Å². The van der Waals surface area contributed by atoms with Gasteiger partial charge < -0.3 is 9.84 Å². The van der Waals surface area contributed by atoms with Crippen LogP contribution in [-0.4, -0.2) is 44.1 Å². The van der Waals surface area contributed by atoms with Crippen molar-refractivity contribution in [2.75, 3.05) is 18.6 Å². The summed E-state index contributed by atoms with van der Waals surface area (Å²) in [6.07, 6.45) is 0.181. The minimum atomic E-state index is -3.22. The van der Waals surface area contributed by atoms with E-state index >= 15 is 0 Å². The quantitative estimate of drug-likeness (QED) is 0.544. The maximum atomic E-state index is 11.5. The highest BCUT2D eigenvalue weighted by Gasteiger charge is 2.53. The number of hydrogen-bond donors (Lipinski definition) is 1. The summed E-state index contributed by atoms with van der Waals surface area (Å²) in [7, 11) is -2.13. The van der Waals surface area contributed by atoms with Crippen LogP contribution in [0.3, 0.4) is 0 Å². The van der Waals surface area contributed by atoms with Crippen molar-refractivity contribution in [2.24, 2.45) is 11.3 Å². The number of ether oxygens (including phenoxy) is 1. The van der Waals surface area contributed by atoms with E-state index in [9.17, 15) is 18.0 Å². The summed E-state index contributed by atoms with van der Waals surface area (Å²) < 4.78 is 27.0. The van der Waals surface area contributed by atoms with E-state index < -0.39 is 33.1 Å². The number of hydrogen-bond acceptors (Lipinski definition) is 5. The lowest BCUT2D eigenvalue weighted by molar-refractivity contribution is -0.169. The van der Waals surface area contributed by atoms with Gasteiger partial charge in [0, 0.05) is 5.92 Å². The van der Waals surface area contributed by atoms with Crippen LogP contribution in [0.1, 0.15) is 13.3 Å². The lowest BCUT2D eigenvalue weighted by Crippen LogP contribution is -2.44. The predicted octanol–water partition coefficient (Wildman–Crippen LogP) is -0.315. The van der Waals surface area contributed by atoms with Crippen molar-refractivity contribution in [3.63, 3.8) is 0 Å². The van der Waals surface area contributed by atoms with Crippen molar-refractivity contribution in [2.45, 2.75) is 13.3 Å². The Hall–Kier alpha value is -1.11. The van der Waals surface area contributed by atoms with Crippen molar-refractivity contribution >= 4 is 21.8 Å². The largest absolute Gasteiger partial charge is 0.480 e. The molecule has 0 saturated carbocycles. The Labute approximate surface area is 93.5 Å². The number of carbonyl (C=O) groups is 2. The predicted molar refractivity (Wildman–Crippen MR) is 54.5 cm³/mol. The van der Waals surface area contributed by atoms with E-state index in [2.05, 4.69) is 4.74 Å². The Morgan fingerprint density at radius 2 is 2.00 bits per heavy atom. The second kappa shape index (κ2) is 4.04. The molecule has 6 nitrogen and oxygen atoms in total. The van der Waals surface area contributed by atoms with E-state index in [4.69, 9.17) is 5.11 Å². The smallest absolute Gasteiger partial charge is 0.323 e. The van der Waals surface area contributed by atoms with E-state index in [1.54, 1.807) is 0 Å². The highest BCUT2D eigenvalue weighted by atomic mass is 32.2. The lowest BCUT2D eigenvalue weighted by atomic mass is 9.76. The van der Waals surface area contributed by atoms with E-state index in [1.807, 2.05) is 0 Å². The zero-order valence-corrected chi connectivity index (χ0v) is 9.91.